The molecule has 1 aromatic heterocycles. The Morgan fingerprint density at radius 2 is 1.90 bits per heavy atom. The lowest BCUT2D eigenvalue weighted by Crippen LogP contribution is -2.26. The van der Waals surface area contributed by atoms with Crippen LogP contribution in [-0.4, -0.2) is 29.6 Å². The number of anilines is 2. The van der Waals surface area contributed by atoms with Crippen LogP contribution in [-0.2, 0) is 19.3 Å². The fourth-order valence-corrected chi connectivity index (χ4v) is 3.28. The first-order valence-corrected chi connectivity index (χ1v) is 7.83. The predicted molar refractivity (Wildman–Crippen MR) is 84.1 cm³/mol. The van der Waals surface area contributed by atoms with Crippen molar-refractivity contribution in [3.63, 3.8) is 0 Å². The van der Waals surface area contributed by atoms with Gasteiger partial charge in [0.05, 0.1) is 5.69 Å². The molecule has 21 heavy (non-hydrogen) atoms. The summed E-state index contributed by atoms with van der Waals surface area (Å²) in [5.74, 6) is 0.864. The zero-order chi connectivity index (χ0) is 14.1. The summed E-state index contributed by atoms with van der Waals surface area (Å²) in [7, 11) is 0. The fourth-order valence-electron chi connectivity index (χ4n) is 3.28. The molecule has 0 radical (unpaired) electrons. The first kappa shape index (κ1) is 12.8. The zero-order valence-corrected chi connectivity index (χ0v) is 12.2. The van der Waals surface area contributed by atoms with E-state index in [1.54, 1.807) is 0 Å². The van der Waals surface area contributed by atoms with Crippen molar-refractivity contribution in [3.8, 4) is 0 Å². The van der Waals surface area contributed by atoms with Crippen LogP contribution in [0.2, 0.25) is 0 Å². The van der Waals surface area contributed by atoms with Crippen molar-refractivity contribution in [2.24, 2.45) is 0 Å². The number of hydrogen-bond acceptors (Lipinski definition) is 4. The average Bonchev–Trinajstić information content (AvgIpc) is 2.79. The maximum absolute atomic E-state index is 4.87. The van der Waals surface area contributed by atoms with Crippen LogP contribution in [0.1, 0.15) is 23.2 Å². The molecule has 0 fully saturated rings. The van der Waals surface area contributed by atoms with Crippen molar-refractivity contribution in [2.75, 3.05) is 24.5 Å². The number of aryl methyl sites for hydroxylation is 1. The highest BCUT2D eigenvalue weighted by molar-refractivity contribution is 5.63. The van der Waals surface area contributed by atoms with E-state index < -0.39 is 0 Å². The van der Waals surface area contributed by atoms with Crippen LogP contribution in [0.5, 0.6) is 0 Å². The molecule has 108 valence electrons. The Kier molecular flexibility index (Phi) is 3.31. The molecule has 0 spiro atoms. The van der Waals surface area contributed by atoms with Crippen LogP contribution in [0, 0.1) is 0 Å². The summed E-state index contributed by atoms with van der Waals surface area (Å²) in [4.78, 5) is 11.8. The summed E-state index contributed by atoms with van der Waals surface area (Å²) in [6, 6.07) is 8.62. The molecular formula is C17H20N4. The quantitative estimate of drug-likeness (QED) is 0.870. The maximum atomic E-state index is 4.87. The highest BCUT2D eigenvalue weighted by atomic mass is 15.3. The Bertz CT molecular complexity index is 653. The zero-order valence-electron chi connectivity index (χ0n) is 12.2. The molecule has 4 rings (SSSR count). The third-order valence-electron chi connectivity index (χ3n) is 4.40. The maximum Gasteiger partial charge on any atom is 0.230 e. The van der Waals surface area contributed by atoms with Gasteiger partial charge in [-0.2, -0.15) is 0 Å². The van der Waals surface area contributed by atoms with Gasteiger partial charge >= 0.3 is 0 Å². The Hall–Kier alpha value is -1.94. The predicted octanol–water partition coefficient (Wildman–Crippen LogP) is 2.25. The third kappa shape index (κ3) is 2.40. The van der Waals surface area contributed by atoms with Gasteiger partial charge < -0.3 is 10.2 Å². The second-order valence-electron chi connectivity index (χ2n) is 5.78. The van der Waals surface area contributed by atoms with Crippen molar-refractivity contribution in [3.05, 3.63) is 47.3 Å². The molecule has 4 nitrogen and oxygen atoms in total. The second kappa shape index (κ2) is 5.45. The standard InChI is InChI=1S/C17H20N4/c1-2-6-16-13(4-1)5-3-11-21(16)17-19-12-14-7-9-18-10-8-15(14)20-17/h1-2,4,6,12,18H,3,5,7-11H2. The van der Waals surface area contributed by atoms with Gasteiger partial charge in [-0.1, -0.05) is 18.2 Å². The molecule has 2 aliphatic rings. The van der Waals surface area contributed by atoms with Gasteiger partial charge in [-0.05, 0) is 43.0 Å². The molecule has 0 amide bonds. The smallest absolute Gasteiger partial charge is 0.230 e. The molecule has 0 atom stereocenters. The van der Waals surface area contributed by atoms with Gasteiger partial charge in [0, 0.05) is 31.4 Å². The van der Waals surface area contributed by atoms with Crippen LogP contribution < -0.4 is 10.2 Å². The molecule has 0 aliphatic carbocycles. The van der Waals surface area contributed by atoms with E-state index in [-0.39, 0.29) is 0 Å². The van der Waals surface area contributed by atoms with Crippen molar-refractivity contribution < 1.29 is 0 Å². The first-order chi connectivity index (χ1) is 10.4. The van der Waals surface area contributed by atoms with Crippen LogP contribution in [0.25, 0.3) is 0 Å². The lowest BCUT2D eigenvalue weighted by molar-refractivity contribution is 0.707. The summed E-state index contributed by atoms with van der Waals surface area (Å²) >= 11 is 0. The van der Waals surface area contributed by atoms with E-state index in [0.29, 0.717) is 0 Å². The fraction of sp³-hybridized carbons (Fsp3) is 0.412. The minimum Gasteiger partial charge on any atom is -0.316 e. The van der Waals surface area contributed by atoms with Gasteiger partial charge in [0.1, 0.15) is 0 Å². The van der Waals surface area contributed by atoms with Crippen molar-refractivity contribution >= 4 is 11.6 Å². The van der Waals surface area contributed by atoms with Gasteiger partial charge in [-0.25, -0.2) is 9.97 Å². The highest BCUT2D eigenvalue weighted by Gasteiger charge is 2.21. The van der Waals surface area contributed by atoms with Gasteiger partial charge in [0.15, 0.2) is 0 Å². The van der Waals surface area contributed by atoms with Gasteiger partial charge in [0.25, 0.3) is 0 Å². The summed E-state index contributed by atoms with van der Waals surface area (Å²) in [5.41, 5.74) is 5.20. The van der Waals surface area contributed by atoms with E-state index >= 15 is 0 Å². The molecular weight excluding hydrogens is 260 g/mol. The Morgan fingerprint density at radius 1 is 1.00 bits per heavy atom. The van der Waals surface area contributed by atoms with Crippen molar-refractivity contribution in [1.29, 1.82) is 0 Å². The molecule has 4 heteroatoms. The average molecular weight is 280 g/mol. The minimum absolute atomic E-state index is 0.864. The number of fused-ring (bicyclic) bond motifs is 2. The molecule has 2 aliphatic heterocycles. The van der Waals surface area contributed by atoms with Gasteiger partial charge in [-0.15, -0.1) is 0 Å². The number of aromatic nitrogens is 2. The van der Waals surface area contributed by atoms with Crippen LogP contribution in [0.3, 0.4) is 0 Å². The topological polar surface area (TPSA) is 41.1 Å². The lowest BCUT2D eigenvalue weighted by atomic mass is 10.0. The van der Waals surface area contributed by atoms with E-state index in [0.717, 1.165) is 44.8 Å². The Balaban J connectivity index is 1.73. The van der Waals surface area contributed by atoms with Gasteiger partial charge in [-0.3, -0.25) is 0 Å². The summed E-state index contributed by atoms with van der Waals surface area (Å²) < 4.78 is 0. The summed E-state index contributed by atoms with van der Waals surface area (Å²) in [6.45, 7) is 3.05. The van der Waals surface area contributed by atoms with E-state index in [4.69, 9.17) is 4.98 Å². The summed E-state index contributed by atoms with van der Waals surface area (Å²) in [6.07, 6.45) is 6.38. The molecule has 1 aromatic carbocycles. The highest BCUT2D eigenvalue weighted by Crippen LogP contribution is 2.31. The van der Waals surface area contributed by atoms with Crippen LogP contribution in [0.4, 0.5) is 11.6 Å². The van der Waals surface area contributed by atoms with E-state index in [1.165, 1.54) is 28.9 Å². The number of benzene rings is 1. The van der Waals surface area contributed by atoms with E-state index in [1.807, 2.05) is 6.20 Å². The number of para-hydroxylation sites is 1. The number of hydrogen-bond donors (Lipinski definition) is 1. The molecule has 0 unspecified atom stereocenters. The van der Waals surface area contributed by atoms with Crippen molar-refractivity contribution in [2.45, 2.75) is 25.7 Å². The Morgan fingerprint density at radius 3 is 2.90 bits per heavy atom. The van der Waals surface area contributed by atoms with Crippen LogP contribution in [0.15, 0.2) is 30.5 Å². The Labute approximate surface area is 125 Å². The second-order valence-corrected chi connectivity index (χ2v) is 5.78. The SMILES string of the molecule is c1ccc2c(c1)CCCN2c1ncc2c(n1)CCNCC2. The molecule has 0 saturated carbocycles. The third-order valence-corrected chi connectivity index (χ3v) is 4.40. The van der Waals surface area contributed by atoms with Crippen molar-refractivity contribution in [1.82, 2.24) is 15.3 Å². The molecule has 0 saturated heterocycles. The molecule has 1 N–H and O–H groups in total. The number of nitrogens with zero attached hydrogens (tertiary/aromatic N) is 3. The summed E-state index contributed by atoms with van der Waals surface area (Å²) in [5, 5.41) is 3.43. The van der Waals surface area contributed by atoms with E-state index in [2.05, 4.69) is 39.5 Å². The normalized spacial score (nSPS) is 17.8. The number of rotatable bonds is 1. The first-order valence-electron chi connectivity index (χ1n) is 7.83. The molecule has 2 aromatic rings. The van der Waals surface area contributed by atoms with E-state index in [9.17, 15) is 0 Å². The molecule has 0 bridgehead atoms. The molecule has 3 heterocycles. The number of nitrogens with one attached hydrogen (secondary N) is 1. The largest absolute Gasteiger partial charge is 0.316 e. The lowest BCUT2D eigenvalue weighted by Gasteiger charge is -2.29. The van der Waals surface area contributed by atoms with Crippen LogP contribution >= 0.6 is 0 Å². The monoisotopic (exact) mass is 280 g/mol. The van der Waals surface area contributed by atoms with Gasteiger partial charge in [0.2, 0.25) is 5.95 Å². The minimum atomic E-state index is 0.864.